The molecule has 0 fully saturated rings. The number of likely N-dealkylation sites (N-methyl/N-ethyl adjacent to an activating group) is 1. The van der Waals surface area contributed by atoms with Crippen LogP contribution in [0.25, 0.3) is 0 Å². The Labute approximate surface area is 116 Å². The largest absolute Gasteiger partial charge is 0.323 e. The molecule has 0 aliphatic rings. The fourth-order valence-electron chi connectivity index (χ4n) is 1.46. The third kappa shape index (κ3) is 4.13. The Balaban J connectivity index is 3.02. The minimum atomic E-state index is -3.78. The maximum atomic E-state index is 12.1. The lowest BCUT2D eigenvalue weighted by Gasteiger charge is -2.13. The summed E-state index contributed by atoms with van der Waals surface area (Å²) < 4.78 is 26.6. The van der Waals surface area contributed by atoms with Gasteiger partial charge < -0.3 is 10.3 Å². The second kappa shape index (κ2) is 6.61. The lowest BCUT2D eigenvalue weighted by molar-refractivity contribution is -0.384. The van der Waals surface area contributed by atoms with Crippen molar-refractivity contribution in [2.24, 2.45) is 5.84 Å². The molecule has 1 rings (SSSR count). The number of sulfonamides is 1. The van der Waals surface area contributed by atoms with Crippen molar-refractivity contribution in [3.8, 4) is 0 Å². The highest BCUT2D eigenvalue weighted by atomic mass is 32.2. The molecule has 1 aromatic rings. The maximum absolute atomic E-state index is 12.1. The standard InChI is InChI=1S/C10H17N5O4S/c1-14(2)6-5-12-20(18,19)10-4-3-8(15(16)17)7-9(10)13-11/h3-4,7,12-13H,5-6,11H2,1-2H3. The number of rotatable bonds is 7. The molecule has 0 aromatic heterocycles. The van der Waals surface area contributed by atoms with E-state index in [1.807, 2.05) is 19.0 Å². The normalized spacial score (nSPS) is 11.6. The van der Waals surface area contributed by atoms with Crippen molar-refractivity contribution in [3.05, 3.63) is 28.3 Å². The molecule has 0 saturated heterocycles. The first-order valence-corrected chi connectivity index (χ1v) is 7.15. The van der Waals surface area contributed by atoms with Gasteiger partial charge in [-0.15, -0.1) is 0 Å². The second-order valence-electron chi connectivity index (χ2n) is 4.28. The molecule has 0 amide bonds. The van der Waals surface area contributed by atoms with Gasteiger partial charge in [0, 0.05) is 25.2 Å². The quantitative estimate of drug-likeness (QED) is 0.358. The summed E-state index contributed by atoms with van der Waals surface area (Å²) in [5.74, 6) is 5.22. The fraction of sp³-hybridized carbons (Fsp3) is 0.400. The van der Waals surface area contributed by atoms with E-state index in [1.54, 1.807) is 0 Å². The Morgan fingerprint density at radius 2 is 2.05 bits per heavy atom. The van der Waals surface area contributed by atoms with Crippen molar-refractivity contribution in [1.29, 1.82) is 0 Å². The predicted octanol–water partition coefficient (Wildman–Crippen LogP) is -0.280. The van der Waals surface area contributed by atoms with Crippen LogP contribution in [-0.2, 0) is 10.0 Å². The fourth-order valence-corrected chi connectivity index (χ4v) is 2.63. The van der Waals surface area contributed by atoms with Crippen LogP contribution < -0.4 is 16.0 Å². The number of hydrazine groups is 1. The summed E-state index contributed by atoms with van der Waals surface area (Å²) in [5, 5.41) is 10.6. The molecule has 9 nitrogen and oxygen atoms in total. The first-order chi connectivity index (χ1) is 9.27. The van der Waals surface area contributed by atoms with Crippen LogP contribution in [0.2, 0.25) is 0 Å². The van der Waals surface area contributed by atoms with E-state index in [-0.39, 0.29) is 22.8 Å². The number of nitrogen functional groups attached to an aromatic ring is 1. The molecular formula is C10H17N5O4S. The van der Waals surface area contributed by atoms with Crippen LogP contribution >= 0.6 is 0 Å². The van der Waals surface area contributed by atoms with Gasteiger partial charge in [0.15, 0.2) is 0 Å². The number of nitrogens with one attached hydrogen (secondary N) is 2. The van der Waals surface area contributed by atoms with Crippen molar-refractivity contribution >= 4 is 21.4 Å². The Hall–Kier alpha value is -1.75. The van der Waals surface area contributed by atoms with Gasteiger partial charge in [-0.05, 0) is 20.2 Å². The Bertz CT molecular complexity index is 587. The van der Waals surface area contributed by atoms with E-state index in [0.29, 0.717) is 6.54 Å². The predicted molar refractivity (Wildman–Crippen MR) is 74.6 cm³/mol. The molecule has 0 spiro atoms. The molecule has 4 N–H and O–H groups in total. The molecule has 10 heteroatoms. The Kier molecular flexibility index (Phi) is 5.39. The van der Waals surface area contributed by atoms with Crippen LogP contribution in [0.5, 0.6) is 0 Å². The van der Waals surface area contributed by atoms with Crippen molar-refractivity contribution in [1.82, 2.24) is 9.62 Å². The summed E-state index contributed by atoms with van der Waals surface area (Å²) >= 11 is 0. The number of nitro benzene ring substituents is 1. The van der Waals surface area contributed by atoms with Crippen LogP contribution in [0, 0.1) is 10.1 Å². The third-order valence-electron chi connectivity index (χ3n) is 2.47. The lowest BCUT2D eigenvalue weighted by Crippen LogP contribution is -2.32. The number of hydrogen-bond acceptors (Lipinski definition) is 7. The van der Waals surface area contributed by atoms with Crippen LogP contribution in [0.4, 0.5) is 11.4 Å². The molecule has 0 bridgehead atoms. The summed E-state index contributed by atoms with van der Waals surface area (Å²) in [6.45, 7) is 0.744. The van der Waals surface area contributed by atoms with Gasteiger partial charge in [-0.2, -0.15) is 0 Å². The molecule has 112 valence electrons. The van der Waals surface area contributed by atoms with E-state index in [2.05, 4.69) is 10.1 Å². The molecule has 0 heterocycles. The van der Waals surface area contributed by atoms with Gasteiger partial charge in [0.2, 0.25) is 10.0 Å². The first kappa shape index (κ1) is 16.3. The third-order valence-corrected chi connectivity index (χ3v) is 3.99. The first-order valence-electron chi connectivity index (χ1n) is 5.67. The van der Waals surface area contributed by atoms with Crippen molar-refractivity contribution in [2.45, 2.75) is 4.90 Å². The van der Waals surface area contributed by atoms with E-state index in [1.165, 1.54) is 0 Å². The van der Waals surface area contributed by atoms with Gasteiger partial charge in [-0.25, -0.2) is 13.1 Å². The number of hydrogen-bond donors (Lipinski definition) is 3. The SMILES string of the molecule is CN(C)CCNS(=O)(=O)c1ccc([N+](=O)[O-])cc1NN. The number of anilines is 1. The van der Waals surface area contributed by atoms with Crippen molar-refractivity contribution < 1.29 is 13.3 Å². The molecule has 0 atom stereocenters. The van der Waals surface area contributed by atoms with Crippen LogP contribution in [-0.4, -0.2) is 45.4 Å². The summed E-state index contributed by atoms with van der Waals surface area (Å²) in [5.41, 5.74) is 1.89. The summed E-state index contributed by atoms with van der Waals surface area (Å²) in [4.78, 5) is 11.7. The van der Waals surface area contributed by atoms with E-state index < -0.39 is 14.9 Å². The molecule has 1 aromatic carbocycles. The monoisotopic (exact) mass is 303 g/mol. The van der Waals surface area contributed by atoms with Crippen LogP contribution in [0.3, 0.4) is 0 Å². The zero-order valence-corrected chi connectivity index (χ0v) is 12.0. The summed E-state index contributed by atoms with van der Waals surface area (Å²) in [6.07, 6.45) is 0. The molecule has 0 aliphatic heterocycles. The molecule has 0 saturated carbocycles. The zero-order valence-electron chi connectivity index (χ0n) is 11.2. The smallest absolute Gasteiger partial charge is 0.271 e. The maximum Gasteiger partial charge on any atom is 0.271 e. The van der Waals surface area contributed by atoms with Gasteiger partial charge in [0.1, 0.15) is 4.90 Å². The molecule has 0 aliphatic carbocycles. The highest BCUT2D eigenvalue weighted by Gasteiger charge is 2.20. The minimum Gasteiger partial charge on any atom is -0.323 e. The van der Waals surface area contributed by atoms with Gasteiger partial charge in [0.05, 0.1) is 10.6 Å². The topological polar surface area (TPSA) is 131 Å². The van der Waals surface area contributed by atoms with Gasteiger partial charge in [-0.3, -0.25) is 16.0 Å². The zero-order chi connectivity index (χ0) is 15.3. The average molecular weight is 303 g/mol. The van der Waals surface area contributed by atoms with E-state index in [9.17, 15) is 18.5 Å². The van der Waals surface area contributed by atoms with E-state index in [0.717, 1.165) is 18.2 Å². The van der Waals surface area contributed by atoms with Gasteiger partial charge in [-0.1, -0.05) is 0 Å². The Morgan fingerprint density at radius 1 is 1.40 bits per heavy atom. The number of nitrogens with zero attached hydrogens (tertiary/aromatic N) is 2. The Morgan fingerprint density at radius 3 is 2.55 bits per heavy atom. The number of nitro groups is 1. The molecule has 0 radical (unpaired) electrons. The number of non-ortho nitro benzene ring substituents is 1. The highest BCUT2D eigenvalue weighted by Crippen LogP contribution is 2.25. The summed E-state index contributed by atoms with van der Waals surface area (Å²) in [6, 6.07) is 3.33. The van der Waals surface area contributed by atoms with Gasteiger partial charge >= 0.3 is 0 Å². The molecular weight excluding hydrogens is 286 g/mol. The van der Waals surface area contributed by atoms with Crippen LogP contribution in [0.15, 0.2) is 23.1 Å². The van der Waals surface area contributed by atoms with Gasteiger partial charge in [0.25, 0.3) is 5.69 Å². The number of nitrogens with two attached hydrogens (primary N) is 1. The number of benzene rings is 1. The second-order valence-corrected chi connectivity index (χ2v) is 6.02. The molecule has 20 heavy (non-hydrogen) atoms. The van der Waals surface area contributed by atoms with Crippen molar-refractivity contribution in [3.63, 3.8) is 0 Å². The summed E-state index contributed by atoms with van der Waals surface area (Å²) in [7, 11) is -0.158. The minimum absolute atomic E-state index is 0.0310. The average Bonchev–Trinajstić information content (AvgIpc) is 2.37. The van der Waals surface area contributed by atoms with Crippen LogP contribution in [0.1, 0.15) is 0 Å². The van der Waals surface area contributed by atoms with E-state index >= 15 is 0 Å². The lowest BCUT2D eigenvalue weighted by atomic mass is 10.3. The van der Waals surface area contributed by atoms with E-state index in [4.69, 9.17) is 5.84 Å². The molecule has 0 unspecified atom stereocenters. The van der Waals surface area contributed by atoms with Crippen molar-refractivity contribution in [2.75, 3.05) is 32.6 Å². The highest BCUT2D eigenvalue weighted by molar-refractivity contribution is 7.89.